The van der Waals surface area contributed by atoms with Crippen LogP contribution in [0.2, 0.25) is 0 Å². The molecule has 0 unspecified atom stereocenters. The van der Waals surface area contributed by atoms with Crippen molar-refractivity contribution >= 4 is 5.91 Å². The molecule has 0 atom stereocenters. The minimum atomic E-state index is -0.278. The van der Waals surface area contributed by atoms with E-state index in [0.29, 0.717) is 24.6 Å². The van der Waals surface area contributed by atoms with E-state index in [1.54, 1.807) is 0 Å². The van der Waals surface area contributed by atoms with Gasteiger partial charge in [0.2, 0.25) is 0 Å². The van der Waals surface area contributed by atoms with Crippen LogP contribution >= 0.6 is 0 Å². The summed E-state index contributed by atoms with van der Waals surface area (Å²) in [6, 6.07) is 0. The van der Waals surface area contributed by atoms with Crippen molar-refractivity contribution in [1.82, 2.24) is 19.7 Å². The molecule has 0 saturated carbocycles. The minimum absolute atomic E-state index is 0.143. The Morgan fingerprint density at radius 3 is 2.48 bits per heavy atom. The highest BCUT2D eigenvalue weighted by molar-refractivity contribution is 5.95. The first-order valence-electron chi connectivity index (χ1n) is 8.85. The number of rotatable bonds is 3. The summed E-state index contributed by atoms with van der Waals surface area (Å²) >= 11 is 0. The number of aromatic amines is 1. The smallest absolute Gasteiger partial charge is 0.261 e. The Balaban J connectivity index is 1.68. The van der Waals surface area contributed by atoms with Crippen molar-refractivity contribution in [2.24, 2.45) is 5.92 Å². The Morgan fingerprint density at radius 1 is 1.20 bits per heavy atom. The van der Waals surface area contributed by atoms with Gasteiger partial charge in [-0.15, -0.1) is 0 Å². The zero-order chi connectivity index (χ0) is 18.1. The number of nitrogens with zero attached hydrogens (tertiary/aromatic N) is 3. The third-order valence-corrected chi connectivity index (χ3v) is 5.35. The van der Waals surface area contributed by atoms with Crippen LogP contribution in [-0.2, 0) is 6.54 Å². The third-order valence-electron chi connectivity index (χ3n) is 5.35. The van der Waals surface area contributed by atoms with E-state index >= 15 is 0 Å². The summed E-state index contributed by atoms with van der Waals surface area (Å²) in [6.45, 7) is 9.96. The molecule has 2 aromatic heterocycles. The van der Waals surface area contributed by atoms with Crippen molar-refractivity contribution in [2.45, 2.75) is 47.1 Å². The Labute approximate surface area is 147 Å². The summed E-state index contributed by atoms with van der Waals surface area (Å²) in [5.41, 5.74) is 3.78. The van der Waals surface area contributed by atoms with Gasteiger partial charge in [-0.2, -0.15) is 5.10 Å². The van der Waals surface area contributed by atoms with E-state index in [-0.39, 0.29) is 11.5 Å². The molecule has 1 aliphatic rings. The van der Waals surface area contributed by atoms with Gasteiger partial charge in [0.1, 0.15) is 5.56 Å². The number of pyridine rings is 1. The maximum Gasteiger partial charge on any atom is 0.261 e. The van der Waals surface area contributed by atoms with Crippen molar-refractivity contribution in [3.05, 3.63) is 50.7 Å². The van der Waals surface area contributed by atoms with Crippen LogP contribution in [0.3, 0.4) is 0 Å². The quantitative estimate of drug-likeness (QED) is 0.931. The van der Waals surface area contributed by atoms with E-state index in [1.165, 1.54) is 0 Å². The van der Waals surface area contributed by atoms with Gasteiger partial charge in [0, 0.05) is 31.5 Å². The van der Waals surface area contributed by atoms with Crippen LogP contribution in [0.1, 0.15) is 45.6 Å². The molecule has 2 aromatic rings. The van der Waals surface area contributed by atoms with Crippen molar-refractivity contribution < 1.29 is 4.79 Å². The number of amides is 1. The van der Waals surface area contributed by atoms with E-state index < -0.39 is 0 Å². The average Bonchev–Trinajstić information content (AvgIpc) is 2.98. The number of carbonyl (C=O) groups excluding carboxylic acids is 1. The van der Waals surface area contributed by atoms with Gasteiger partial charge < -0.3 is 9.88 Å². The van der Waals surface area contributed by atoms with Crippen LogP contribution in [0.15, 0.2) is 17.2 Å². The summed E-state index contributed by atoms with van der Waals surface area (Å²) in [6.07, 6.45) is 5.79. The number of hydrogen-bond donors (Lipinski definition) is 1. The molecule has 0 radical (unpaired) electrons. The van der Waals surface area contributed by atoms with Gasteiger partial charge in [-0.05, 0) is 63.1 Å². The minimum Gasteiger partial charge on any atom is -0.338 e. The molecule has 0 aliphatic carbocycles. The van der Waals surface area contributed by atoms with Gasteiger partial charge in [-0.25, -0.2) is 0 Å². The summed E-state index contributed by atoms with van der Waals surface area (Å²) in [5, 5.41) is 4.34. The molecule has 1 N–H and O–H groups in total. The molecule has 6 nitrogen and oxygen atoms in total. The molecule has 25 heavy (non-hydrogen) atoms. The lowest BCUT2D eigenvalue weighted by Crippen LogP contribution is -2.42. The first-order chi connectivity index (χ1) is 11.9. The number of hydrogen-bond acceptors (Lipinski definition) is 3. The van der Waals surface area contributed by atoms with Crippen LogP contribution in [-0.4, -0.2) is 38.7 Å². The Bertz CT molecular complexity index is 842. The number of likely N-dealkylation sites (tertiary alicyclic amines) is 1. The van der Waals surface area contributed by atoms with Crippen molar-refractivity contribution in [3.8, 4) is 0 Å². The second-order valence-electron chi connectivity index (χ2n) is 7.18. The van der Waals surface area contributed by atoms with E-state index in [0.717, 1.165) is 41.8 Å². The summed E-state index contributed by atoms with van der Waals surface area (Å²) < 4.78 is 1.98. The fourth-order valence-corrected chi connectivity index (χ4v) is 3.53. The van der Waals surface area contributed by atoms with Crippen molar-refractivity contribution in [3.63, 3.8) is 0 Å². The van der Waals surface area contributed by atoms with Gasteiger partial charge >= 0.3 is 0 Å². The van der Waals surface area contributed by atoms with Gasteiger partial charge in [0.15, 0.2) is 0 Å². The molecular weight excluding hydrogens is 316 g/mol. The number of piperidine rings is 1. The molecular formula is C19H26N4O2. The van der Waals surface area contributed by atoms with Crippen LogP contribution in [0, 0.1) is 33.6 Å². The second-order valence-corrected chi connectivity index (χ2v) is 7.18. The fraction of sp³-hybridized carbons (Fsp3) is 0.526. The third kappa shape index (κ3) is 3.52. The van der Waals surface area contributed by atoms with E-state index in [4.69, 9.17) is 0 Å². The first-order valence-corrected chi connectivity index (χ1v) is 8.85. The lowest BCUT2D eigenvalue weighted by atomic mass is 9.95. The molecule has 3 rings (SSSR count). The highest BCUT2D eigenvalue weighted by atomic mass is 16.2. The van der Waals surface area contributed by atoms with Crippen LogP contribution in [0.5, 0.6) is 0 Å². The largest absolute Gasteiger partial charge is 0.338 e. The number of aryl methyl sites for hydroxylation is 2. The predicted octanol–water partition coefficient (Wildman–Crippen LogP) is 2.36. The van der Waals surface area contributed by atoms with Gasteiger partial charge in [-0.1, -0.05) is 0 Å². The van der Waals surface area contributed by atoms with E-state index in [1.807, 2.05) is 43.5 Å². The highest BCUT2D eigenvalue weighted by Crippen LogP contribution is 2.21. The number of aromatic nitrogens is 3. The van der Waals surface area contributed by atoms with Gasteiger partial charge in [0.25, 0.3) is 11.5 Å². The van der Waals surface area contributed by atoms with Crippen LogP contribution < -0.4 is 5.56 Å². The van der Waals surface area contributed by atoms with Crippen molar-refractivity contribution in [1.29, 1.82) is 0 Å². The molecule has 3 heterocycles. The van der Waals surface area contributed by atoms with Gasteiger partial charge in [-0.3, -0.25) is 14.3 Å². The summed E-state index contributed by atoms with van der Waals surface area (Å²) in [4.78, 5) is 29.8. The SMILES string of the molecule is Cc1cnn(CC2CCN(C(=O)c3c(C)c(C)c(C)[nH]c3=O)CC2)c1. The summed E-state index contributed by atoms with van der Waals surface area (Å²) in [7, 11) is 0. The standard InChI is InChI=1S/C19H26N4O2/c1-12-9-20-23(10-12)11-16-5-7-22(8-6-16)19(25)17-14(3)13(2)15(4)21-18(17)24/h9-10,16H,5-8,11H2,1-4H3,(H,21,24). The Hall–Kier alpha value is -2.37. The first kappa shape index (κ1) is 17.5. The monoisotopic (exact) mass is 342 g/mol. The Kier molecular flexibility index (Phi) is 4.79. The molecule has 0 spiro atoms. The predicted molar refractivity (Wildman–Crippen MR) is 96.9 cm³/mol. The molecule has 0 aromatic carbocycles. The molecule has 134 valence electrons. The zero-order valence-corrected chi connectivity index (χ0v) is 15.4. The fourth-order valence-electron chi connectivity index (χ4n) is 3.53. The topological polar surface area (TPSA) is 71.0 Å². The molecule has 1 fully saturated rings. The van der Waals surface area contributed by atoms with Crippen LogP contribution in [0.25, 0.3) is 0 Å². The lowest BCUT2D eigenvalue weighted by molar-refractivity contribution is 0.0678. The molecule has 1 saturated heterocycles. The molecule has 1 aliphatic heterocycles. The highest BCUT2D eigenvalue weighted by Gasteiger charge is 2.27. The zero-order valence-electron chi connectivity index (χ0n) is 15.4. The summed E-state index contributed by atoms with van der Waals surface area (Å²) in [5.74, 6) is 0.373. The van der Waals surface area contributed by atoms with Gasteiger partial charge in [0.05, 0.1) is 6.20 Å². The second kappa shape index (κ2) is 6.86. The molecule has 1 amide bonds. The lowest BCUT2D eigenvalue weighted by Gasteiger charge is -2.32. The number of carbonyl (C=O) groups is 1. The molecule has 6 heteroatoms. The Morgan fingerprint density at radius 2 is 1.88 bits per heavy atom. The molecule has 0 bridgehead atoms. The maximum absolute atomic E-state index is 12.9. The number of nitrogens with one attached hydrogen (secondary N) is 1. The van der Waals surface area contributed by atoms with Crippen LogP contribution in [0.4, 0.5) is 0 Å². The van der Waals surface area contributed by atoms with E-state index in [2.05, 4.69) is 16.3 Å². The van der Waals surface area contributed by atoms with Crippen molar-refractivity contribution in [2.75, 3.05) is 13.1 Å². The van der Waals surface area contributed by atoms with E-state index in [9.17, 15) is 9.59 Å². The number of H-pyrrole nitrogens is 1. The normalized spacial score (nSPS) is 15.6. The maximum atomic E-state index is 12.9. The average molecular weight is 342 g/mol.